The van der Waals surface area contributed by atoms with Crippen LogP contribution in [0.1, 0.15) is 77.6 Å². The molecule has 0 atom stereocenters. The first-order valence-corrected chi connectivity index (χ1v) is 11.8. The topological polar surface area (TPSA) is 72.1 Å². The quantitative estimate of drug-likeness (QED) is 0.529. The summed E-state index contributed by atoms with van der Waals surface area (Å²) in [6.45, 7) is 0.960. The molecule has 11 heteroatoms. The molecule has 5 nitrogen and oxygen atoms in total. The third-order valence-electron chi connectivity index (χ3n) is 7.50. The van der Waals surface area contributed by atoms with Crippen LogP contribution in [0.4, 0.5) is 13.2 Å². The van der Waals surface area contributed by atoms with Crippen LogP contribution in [0.15, 0.2) is 24.3 Å². The maximum Gasteiger partial charge on any atom is 0.451 e. The van der Waals surface area contributed by atoms with Crippen LogP contribution < -0.4 is 5.73 Å². The molecule has 192 valence electrons. The largest absolute Gasteiger partial charge is 0.451 e. The fraction of sp³-hybridized carbons (Fsp3) is 0.542. The van der Waals surface area contributed by atoms with E-state index in [1.807, 2.05) is 24.3 Å². The van der Waals surface area contributed by atoms with Crippen molar-refractivity contribution in [3.8, 4) is 0 Å². The van der Waals surface area contributed by atoms with Gasteiger partial charge in [-0.3, -0.25) is 4.79 Å². The van der Waals surface area contributed by atoms with Gasteiger partial charge in [-0.1, -0.05) is 23.7 Å². The maximum atomic E-state index is 13.4. The molecule has 0 saturated heterocycles. The van der Waals surface area contributed by atoms with E-state index in [1.165, 1.54) is 0 Å². The number of halogens is 6. The number of nitrogens with zero attached hydrogens (tertiary/aromatic N) is 3. The van der Waals surface area contributed by atoms with Gasteiger partial charge in [0.05, 0.1) is 5.69 Å². The summed E-state index contributed by atoms with van der Waals surface area (Å²) in [5.41, 5.74) is 8.06. The van der Waals surface area contributed by atoms with Crippen molar-refractivity contribution < 1.29 is 18.0 Å². The number of alkyl halides is 3. The molecule has 3 aliphatic rings. The van der Waals surface area contributed by atoms with E-state index < -0.39 is 17.9 Å². The van der Waals surface area contributed by atoms with Crippen LogP contribution in [0, 0.1) is 0 Å². The van der Waals surface area contributed by atoms with Gasteiger partial charge >= 0.3 is 6.18 Å². The highest BCUT2D eigenvalue weighted by Crippen LogP contribution is 2.45. The van der Waals surface area contributed by atoms with Crippen LogP contribution in [0.25, 0.3) is 0 Å². The fourth-order valence-electron chi connectivity index (χ4n) is 5.46. The fourth-order valence-corrected chi connectivity index (χ4v) is 5.65. The minimum atomic E-state index is -4.68. The van der Waals surface area contributed by atoms with Gasteiger partial charge in [0, 0.05) is 41.1 Å². The Labute approximate surface area is 219 Å². The zero-order valence-electron chi connectivity index (χ0n) is 19.0. The van der Waals surface area contributed by atoms with E-state index in [0.29, 0.717) is 35.8 Å². The molecule has 2 fully saturated rings. The summed E-state index contributed by atoms with van der Waals surface area (Å²) in [4.78, 5) is 22.6. The van der Waals surface area contributed by atoms with Gasteiger partial charge in [0.2, 0.25) is 5.82 Å². The van der Waals surface area contributed by atoms with Gasteiger partial charge in [0.1, 0.15) is 5.69 Å². The Morgan fingerprint density at radius 2 is 1.80 bits per heavy atom. The monoisotopic (exact) mass is 550 g/mol. The highest BCUT2D eigenvalue weighted by Gasteiger charge is 2.44. The summed E-state index contributed by atoms with van der Waals surface area (Å²) >= 11 is 6.20. The average molecular weight is 552 g/mol. The molecule has 2 saturated carbocycles. The lowest BCUT2D eigenvalue weighted by Crippen LogP contribution is -2.50. The second-order valence-electron chi connectivity index (χ2n) is 9.51. The molecular formula is C24H28Cl3F3N4O. The molecule has 0 bridgehead atoms. The molecule has 1 aromatic heterocycles. The number of amides is 1. The van der Waals surface area contributed by atoms with E-state index >= 15 is 0 Å². The summed E-state index contributed by atoms with van der Waals surface area (Å²) in [7, 11) is 0. The number of hydrogen-bond acceptors (Lipinski definition) is 4. The minimum absolute atomic E-state index is 0. The van der Waals surface area contributed by atoms with Gasteiger partial charge < -0.3 is 10.6 Å². The number of carbonyl (C=O) groups excluding carboxylic acids is 1. The lowest BCUT2D eigenvalue weighted by atomic mass is 9.68. The standard InChI is InChI=1S/C24H26ClF3N4O.2ClH/c25-16-3-1-2-15(12-16)23(13-29)9-6-17(7-10-23)32-11-8-18-19(14-4-5-14)30-22(24(26,27)28)31-20(18)21(32)33;;/h1-3,12,14,17H,4-11,13,29H2;2*1H/t17-,23-;;. The number of carbonyl (C=O) groups is 1. The average Bonchev–Trinajstić information content (AvgIpc) is 3.64. The highest BCUT2D eigenvalue weighted by atomic mass is 35.5. The van der Waals surface area contributed by atoms with Crippen molar-refractivity contribution in [3.05, 3.63) is 57.6 Å². The van der Waals surface area contributed by atoms with Crippen LogP contribution in [0.2, 0.25) is 5.02 Å². The number of aromatic nitrogens is 2. The molecule has 2 heterocycles. The van der Waals surface area contributed by atoms with Gasteiger partial charge in [-0.05, 0) is 62.6 Å². The molecule has 0 spiro atoms. The van der Waals surface area contributed by atoms with Crippen molar-refractivity contribution >= 4 is 42.3 Å². The predicted molar refractivity (Wildman–Crippen MR) is 133 cm³/mol. The molecule has 2 aromatic rings. The number of fused-ring (bicyclic) bond motifs is 1. The third-order valence-corrected chi connectivity index (χ3v) is 7.74. The van der Waals surface area contributed by atoms with E-state index in [2.05, 4.69) is 9.97 Å². The highest BCUT2D eigenvalue weighted by molar-refractivity contribution is 6.30. The van der Waals surface area contributed by atoms with Crippen molar-refractivity contribution in [1.29, 1.82) is 0 Å². The number of nitrogens with two attached hydrogens (primary N) is 1. The smallest absolute Gasteiger partial charge is 0.334 e. The second-order valence-corrected chi connectivity index (χ2v) is 9.94. The molecule has 1 amide bonds. The summed E-state index contributed by atoms with van der Waals surface area (Å²) in [5, 5.41) is 0.664. The van der Waals surface area contributed by atoms with E-state index in [1.54, 1.807) is 4.90 Å². The Hall–Kier alpha value is -1.61. The van der Waals surface area contributed by atoms with Gasteiger partial charge in [-0.2, -0.15) is 13.2 Å². The SMILES string of the molecule is Cl.Cl.NC[C@]1(c2cccc(Cl)c2)CC[C@H](N2CCc3c(nc(C(F)(F)F)nc3C3CC3)C2=O)CC1. The number of benzene rings is 1. The van der Waals surface area contributed by atoms with Crippen molar-refractivity contribution in [1.82, 2.24) is 14.9 Å². The van der Waals surface area contributed by atoms with Gasteiger partial charge in [0.15, 0.2) is 0 Å². The third kappa shape index (κ3) is 5.26. The Morgan fingerprint density at radius 1 is 1.11 bits per heavy atom. The maximum absolute atomic E-state index is 13.4. The van der Waals surface area contributed by atoms with Gasteiger partial charge in [-0.25, -0.2) is 9.97 Å². The first-order valence-electron chi connectivity index (χ1n) is 11.5. The summed E-state index contributed by atoms with van der Waals surface area (Å²) in [6, 6.07) is 7.69. The molecular weight excluding hydrogens is 524 g/mol. The van der Waals surface area contributed by atoms with Crippen LogP contribution in [0.5, 0.6) is 0 Å². The molecule has 2 N–H and O–H groups in total. The molecule has 2 aliphatic carbocycles. The van der Waals surface area contributed by atoms with Crippen molar-refractivity contribution in [3.63, 3.8) is 0 Å². The lowest BCUT2D eigenvalue weighted by Gasteiger charge is -2.44. The Kier molecular flexibility index (Phi) is 8.31. The summed E-state index contributed by atoms with van der Waals surface area (Å²) in [6.07, 6.45) is 0.487. The summed E-state index contributed by atoms with van der Waals surface area (Å²) < 4.78 is 40.3. The lowest BCUT2D eigenvalue weighted by molar-refractivity contribution is -0.145. The summed E-state index contributed by atoms with van der Waals surface area (Å²) in [5.74, 6) is -1.59. The van der Waals surface area contributed by atoms with Crippen LogP contribution >= 0.6 is 36.4 Å². The van der Waals surface area contributed by atoms with Crippen LogP contribution in [-0.4, -0.2) is 39.9 Å². The van der Waals surface area contributed by atoms with Gasteiger partial charge in [0.25, 0.3) is 5.91 Å². The van der Waals surface area contributed by atoms with Crippen molar-refractivity contribution in [2.24, 2.45) is 5.73 Å². The van der Waals surface area contributed by atoms with Crippen molar-refractivity contribution in [2.75, 3.05) is 13.1 Å². The Morgan fingerprint density at radius 3 is 2.37 bits per heavy atom. The first-order chi connectivity index (χ1) is 15.7. The zero-order chi connectivity index (χ0) is 23.4. The normalized spacial score (nSPS) is 24.3. The van der Waals surface area contributed by atoms with E-state index in [-0.39, 0.29) is 47.9 Å². The molecule has 5 rings (SSSR count). The van der Waals surface area contributed by atoms with Crippen LogP contribution in [0.3, 0.4) is 0 Å². The van der Waals surface area contributed by atoms with Crippen molar-refractivity contribution in [2.45, 2.75) is 68.5 Å². The zero-order valence-corrected chi connectivity index (χ0v) is 21.4. The van der Waals surface area contributed by atoms with Crippen LogP contribution in [-0.2, 0) is 18.0 Å². The number of rotatable bonds is 4. The first kappa shape index (κ1) is 28.0. The van der Waals surface area contributed by atoms with E-state index in [0.717, 1.165) is 44.1 Å². The molecule has 0 unspecified atom stereocenters. The molecule has 35 heavy (non-hydrogen) atoms. The second kappa shape index (κ2) is 10.4. The Balaban J connectivity index is 0.00000171. The van der Waals surface area contributed by atoms with E-state index in [4.69, 9.17) is 17.3 Å². The number of hydrogen-bond donors (Lipinski definition) is 1. The molecule has 0 radical (unpaired) electrons. The van der Waals surface area contributed by atoms with Gasteiger partial charge in [-0.15, -0.1) is 24.8 Å². The Bertz CT molecular complexity index is 1090. The molecule has 1 aromatic carbocycles. The molecule has 1 aliphatic heterocycles. The predicted octanol–water partition coefficient (Wildman–Crippen LogP) is 5.71. The minimum Gasteiger partial charge on any atom is -0.334 e. The van der Waals surface area contributed by atoms with E-state index in [9.17, 15) is 18.0 Å².